The molecule has 1 aromatic carbocycles. The predicted octanol–water partition coefficient (Wildman–Crippen LogP) is 3.87. The summed E-state index contributed by atoms with van der Waals surface area (Å²) in [6.07, 6.45) is 1.94. The lowest BCUT2D eigenvalue weighted by Crippen LogP contribution is -2.35. The SMILES string of the molecule is Cc1cnc(C(C)NC2c3ccccc3OCC2C)s1. The Hall–Kier alpha value is -1.39. The molecule has 2 heterocycles. The molecule has 106 valence electrons. The van der Waals surface area contributed by atoms with Gasteiger partial charge in [-0.3, -0.25) is 0 Å². The molecule has 0 fully saturated rings. The molecule has 0 amide bonds. The van der Waals surface area contributed by atoms with Crippen LogP contribution in [-0.4, -0.2) is 11.6 Å². The van der Waals surface area contributed by atoms with Gasteiger partial charge in [0.1, 0.15) is 10.8 Å². The Labute approximate surface area is 124 Å². The molecule has 1 aromatic heterocycles. The van der Waals surface area contributed by atoms with E-state index in [1.807, 2.05) is 18.3 Å². The standard InChI is InChI=1S/C16H20N2OS/c1-10-9-19-14-7-5-4-6-13(14)15(10)18-12(3)16-17-8-11(2)20-16/h4-8,10,12,15,18H,9H2,1-3H3. The lowest BCUT2D eigenvalue weighted by Gasteiger charge is -2.33. The van der Waals surface area contributed by atoms with Crippen molar-refractivity contribution in [3.05, 3.63) is 45.9 Å². The van der Waals surface area contributed by atoms with E-state index in [2.05, 4.69) is 43.2 Å². The fourth-order valence-corrected chi connectivity index (χ4v) is 3.45. The fraction of sp³-hybridized carbons (Fsp3) is 0.438. The monoisotopic (exact) mass is 288 g/mol. The molecule has 0 spiro atoms. The third-order valence-electron chi connectivity index (χ3n) is 3.76. The van der Waals surface area contributed by atoms with Gasteiger partial charge in [-0.1, -0.05) is 25.1 Å². The van der Waals surface area contributed by atoms with Crippen LogP contribution in [-0.2, 0) is 0 Å². The van der Waals surface area contributed by atoms with Crippen molar-refractivity contribution >= 4 is 11.3 Å². The number of nitrogens with one attached hydrogen (secondary N) is 1. The molecule has 0 saturated carbocycles. The Morgan fingerprint density at radius 3 is 2.95 bits per heavy atom. The van der Waals surface area contributed by atoms with Crippen molar-refractivity contribution in [3.8, 4) is 5.75 Å². The minimum absolute atomic E-state index is 0.257. The smallest absolute Gasteiger partial charge is 0.124 e. The van der Waals surface area contributed by atoms with Gasteiger partial charge < -0.3 is 10.1 Å². The maximum absolute atomic E-state index is 5.80. The molecule has 20 heavy (non-hydrogen) atoms. The zero-order valence-corrected chi connectivity index (χ0v) is 12.9. The van der Waals surface area contributed by atoms with Gasteiger partial charge >= 0.3 is 0 Å². The zero-order valence-electron chi connectivity index (χ0n) is 12.1. The Balaban J connectivity index is 1.83. The maximum Gasteiger partial charge on any atom is 0.124 e. The van der Waals surface area contributed by atoms with E-state index in [4.69, 9.17) is 4.74 Å². The second-order valence-corrected chi connectivity index (χ2v) is 6.77. The molecule has 3 rings (SSSR count). The summed E-state index contributed by atoms with van der Waals surface area (Å²) >= 11 is 1.76. The molecule has 3 nitrogen and oxygen atoms in total. The lowest BCUT2D eigenvalue weighted by molar-refractivity contribution is 0.182. The Morgan fingerprint density at radius 2 is 2.20 bits per heavy atom. The van der Waals surface area contributed by atoms with Crippen molar-refractivity contribution in [2.75, 3.05) is 6.61 Å². The molecule has 3 unspecified atom stereocenters. The molecular formula is C16H20N2OS. The molecule has 1 aliphatic rings. The number of hydrogen-bond donors (Lipinski definition) is 1. The van der Waals surface area contributed by atoms with Gasteiger partial charge in [0.05, 0.1) is 12.6 Å². The van der Waals surface area contributed by atoms with Gasteiger partial charge in [-0.15, -0.1) is 11.3 Å². The van der Waals surface area contributed by atoms with Crippen molar-refractivity contribution < 1.29 is 4.74 Å². The number of ether oxygens (including phenoxy) is 1. The number of aromatic nitrogens is 1. The van der Waals surface area contributed by atoms with E-state index < -0.39 is 0 Å². The van der Waals surface area contributed by atoms with E-state index in [1.165, 1.54) is 10.4 Å². The molecule has 0 radical (unpaired) electrons. The average molecular weight is 288 g/mol. The number of rotatable bonds is 3. The molecule has 3 atom stereocenters. The molecule has 0 bridgehead atoms. The van der Waals surface area contributed by atoms with Gasteiger partial charge in [0, 0.05) is 28.6 Å². The van der Waals surface area contributed by atoms with Crippen molar-refractivity contribution in [2.24, 2.45) is 5.92 Å². The Morgan fingerprint density at radius 1 is 1.40 bits per heavy atom. The molecule has 0 aliphatic carbocycles. The molecule has 4 heteroatoms. The number of para-hydroxylation sites is 1. The number of benzene rings is 1. The van der Waals surface area contributed by atoms with Crippen LogP contribution in [0.2, 0.25) is 0 Å². The summed E-state index contributed by atoms with van der Waals surface area (Å²) in [5.74, 6) is 1.46. The quantitative estimate of drug-likeness (QED) is 0.931. The first-order valence-corrected chi connectivity index (χ1v) is 7.87. The number of nitrogens with zero attached hydrogens (tertiary/aromatic N) is 1. The Bertz CT molecular complexity index is 596. The molecule has 1 aliphatic heterocycles. The lowest BCUT2D eigenvalue weighted by atomic mass is 9.91. The third-order valence-corrected chi connectivity index (χ3v) is 4.86. The van der Waals surface area contributed by atoms with Crippen LogP contribution in [0.1, 0.15) is 41.4 Å². The van der Waals surface area contributed by atoms with Gasteiger partial charge in [-0.2, -0.15) is 0 Å². The molecule has 2 aromatic rings. The fourth-order valence-electron chi connectivity index (χ4n) is 2.66. The van der Waals surface area contributed by atoms with Crippen LogP contribution in [0.3, 0.4) is 0 Å². The van der Waals surface area contributed by atoms with E-state index in [0.29, 0.717) is 12.0 Å². The van der Waals surface area contributed by atoms with Crippen LogP contribution < -0.4 is 10.1 Å². The van der Waals surface area contributed by atoms with Crippen molar-refractivity contribution in [1.29, 1.82) is 0 Å². The van der Waals surface area contributed by atoms with Gasteiger partial charge in [0.2, 0.25) is 0 Å². The second kappa shape index (κ2) is 5.54. The van der Waals surface area contributed by atoms with E-state index >= 15 is 0 Å². The number of hydrogen-bond acceptors (Lipinski definition) is 4. The minimum Gasteiger partial charge on any atom is -0.493 e. The van der Waals surface area contributed by atoms with Crippen LogP contribution in [0.25, 0.3) is 0 Å². The number of thiazole rings is 1. The minimum atomic E-state index is 0.257. The van der Waals surface area contributed by atoms with Crippen LogP contribution in [0.4, 0.5) is 0 Å². The summed E-state index contributed by atoms with van der Waals surface area (Å²) in [7, 11) is 0. The van der Waals surface area contributed by atoms with Crippen LogP contribution in [0.5, 0.6) is 5.75 Å². The number of aryl methyl sites for hydroxylation is 1. The summed E-state index contributed by atoms with van der Waals surface area (Å²) in [6.45, 7) is 7.27. The summed E-state index contributed by atoms with van der Waals surface area (Å²) in [5, 5.41) is 4.87. The highest BCUT2D eigenvalue weighted by atomic mass is 32.1. The highest BCUT2D eigenvalue weighted by molar-refractivity contribution is 7.11. The molecule has 1 N–H and O–H groups in total. The predicted molar refractivity (Wildman–Crippen MR) is 82.2 cm³/mol. The first-order valence-electron chi connectivity index (χ1n) is 7.05. The van der Waals surface area contributed by atoms with Crippen molar-refractivity contribution in [1.82, 2.24) is 10.3 Å². The highest BCUT2D eigenvalue weighted by Crippen LogP contribution is 2.36. The summed E-state index contributed by atoms with van der Waals surface area (Å²) < 4.78 is 5.80. The van der Waals surface area contributed by atoms with Gasteiger partial charge in [0.25, 0.3) is 0 Å². The van der Waals surface area contributed by atoms with Crippen molar-refractivity contribution in [3.63, 3.8) is 0 Å². The third kappa shape index (κ3) is 2.58. The first kappa shape index (κ1) is 13.6. The van der Waals surface area contributed by atoms with Gasteiger partial charge in [0.15, 0.2) is 0 Å². The van der Waals surface area contributed by atoms with E-state index in [9.17, 15) is 0 Å². The van der Waals surface area contributed by atoms with Crippen LogP contribution in [0.15, 0.2) is 30.5 Å². The van der Waals surface area contributed by atoms with E-state index in [0.717, 1.165) is 17.4 Å². The zero-order chi connectivity index (χ0) is 14.1. The molecular weight excluding hydrogens is 268 g/mol. The largest absolute Gasteiger partial charge is 0.493 e. The van der Waals surface area contributed by atoms with E-state index in [-0.39, 0.29) is 6.04 Å². The maximum atomic E-state index is 5.80. The number of fused-ring (bicyclic) bond motifs is 1. The molecule has 0 saturated heterocycles. The second-order valence-electron chi connectivity index (χ2n) is 5.50. The average Bonchev–Trinajstić information content (AvgIpc) is 2.89. The van der Waals surface area contributed by atoms with Gasteiger partial charge in [-0.25, -0.2) is 4.98 Å². The summed E-state index contributed by atoms with van der Waals surface area (Å²) in [4.78, 5) is 5.75. The topological polar surface area (TPSA) is 34.2 Å². The van der Waals surface area contributed by atoms with Crippen LogP contribution >= 0.6 is 11.3 Å². The summed E-state index contributed by atoms with van der Waals surface area (Å²) in [6, 6.07) is 8.88. The van der Waals surface area contributed by atoms with Gasteiger partial charge in [-0.05, 0) is 19.9 Å². The van der Waals surface area contributed by atoms with E-state index in [1.54, 1.807) is 11.3 Å². The normalized spacial score (nSPS) is 22.9. The van der Waals surface area contributed by atoms with Crippen LogP contribution in [0, 0.1) is 12.8 Å². The highest BCUT2D eigenvalue weighted by Gasteiger charge is 2.29. The Kier molecular flexibility index (Phi) is 3.76. The summed E-state index contributed by atoms with van der Waals surface area (Å²) in [5.41, 5.74) is 1.26. The van der Waals surface area contributed by atoms with Crippen molar-refractivity contribution in [2.45, 2.75) is 32.9 Å². The first-order chi connectivity index (χ1) is 9.65.